The predicted octanol–water partition coefficient (Wildman–Crippen LogP) is 1.35. The highest BCUT2D eigenvalue weighted by atomic mass is 16.1. The molecule has 2 rings (SSSR count). The Labute approximate surface area is 75.7 Å². The third-order valence-electron chi connectivity index (χ3n) is 1.76. The van der Waals surface area contributed by atoms with Crippen molar-refractivity contribution in [3.05, 3.63) is 30.2 Å². The van der Waals surface area contributed by atoms with E-state index >= 15 is 0 Å². The number of anilines is 2. The lowest BCUT2D eigenvalue weighted by Crippen LogP contribution is -2.06. The van der Waals surface area contributed by atoms with E-state index in [2.05, 4.69) is 15.6 Å². The molecule has 13 heavy (non-hydrogen) atoms. The molecule has 4 nitrogen and oxygen atoms in total. The van der Waals surface area contributed by atoms with Crippen molar-refractivity contribution in [2.24, 2.45) is 0 Å². The third kappa shape index (κ3) is 1.51. The summed E-state index contributed by atoms with van der Waals surface area (Å²) >= 11 is 0. The first-order chi connectivity index (χ1) is 6.25. The fourth-order valence-electron chi connectivity index (χ4n) is 1.22. The van der Waals surface area contributed by atoms with Gasteiger partial charge in [-0.2, -0.15) is 0 Å². The molecule has 0 saturated carbocycles. The average molecular weight is 175 g/mol. The third-order valence-corrected chi connectivity index (χ3v) is 1.76. The highest BCUT2D eigenvalue weighted by molar-refractivity contribution is 6.03. The number of rotatable bonds is 0. The summed E-state index contributed by atoms with van der Waals surface area (Å²) in [6, 6.07) is 1.82. The zero-order chi connectivity index (χ0) is 9.26. The quantitative estimate of drug-likeness (QED) is 0.625. The van der Waals surface area contributed by atoms with Crippen molar-refractivity contribution in [3.8, 4) is 0 Å². The van der Waals surface area contributed by atoms with E-state index in [1.807, 2.05) is 13.0 Å². The topological polar surface area (TPSA) is 54.0 Å². The van der Waals surface area contributed by atoms with Crippen molar-refractivity contribution in [2.45, 2.75) is 6.92 Å². The monoisotopic (exact) mass is 175 g/mol. The molecule has 2 heterocycles. The largest absolute Gasteiger partial charge is 0.357 e. The first-order valence-corrected chi connectivity index (χ1v) is 3.96. The van der Waals surface area contributed by atoms with Gasteiger partial charge in [-0.05, 0) is 13.0 Å². The van der Waals surface area contributed by atoms with Crippen LogP contribution >= 0.6 is 0 Å². The summed E-state index contributed by atoms with van der Waals surface area (Å²) < 4.78 is 0. The standard InChI is InChI=1S/C9H9N3O/c1-6-4-9(13)12-8-5-10-3-2-7(8)11-6/h2-5,11H,1H3,(H,12,13). The summed E-state index contributed by atoms with van der Waals surface area (Å²) in [5.41, 5.74) is 2.40. The molecule has 0 radical (unpaired) electrons. The molecule has 66 valence electrons. The van der Waals surface area contributed by atoms with Crippen LogP contribution in [0.25, 0.3) is 0 Å². The number of fused-ring (bicyclic) bond motifs is 1. The van der Waals surface area contributed by atoms with Crippen LogP contribution in [0.15, 0.2) is 30.2 Å². The van der Waals surface area contributed by atoms with Gasteiger partial charge in [0.1, 0.15) is 0 Å². The molecule has 1 aromatic rings. The fraction of sp³-hybridized carbons (Fsp3) is 0.111. The highest BCUT2D eigenvalue weighted by Crippen LogP contribution is 2.23. The van der Waals surface area contributed by atoms with Crippen molar-refractivity contribution in [1.29, 1.82) is 0 Å². The van der Waals surface area contributed by atoms with E-state index in [0.717, 1.165) is 11.4 Å². The van der Waals surface area contributed by atoms with Crippen LogP contribution in [-0.2, 0) is 4.79 Å². The highest BCUT2D eigenvalue weighted by Gasteiger charge is 2.09. The second-order valence-electron chi connectivity index (χ2n) is 2.86. The van der Waals surface area contributed by atoms with Crippen molar-refractivity contribution < 1.29 is 4.79 Å². The lowest BCUT2D eigenvalue weighted by molar-refractivity contribution is -0.111. The van der Waals surface area contributed by atoms with Gasteiger partial charge in [0.15, 0.2) is 0 Å². The number of carbonyl (C=O) groups is 1. The molecule has 2 N–H and O–H groups in total. The first kappa shape index (κ1) is 7.79. The number of allylic oxidation sites excluding steroid dienone is 1. The van der Waals surface area contributed by atoms with E-state index in [1.54, 1.807) is 12.4 Å². The first-order valence-electron chi connectivity index (χ1n) is 3.96. The van der Waals surface area contributed by atoms with E-state index in [-0.39, 0.29) is 5.91 Å². The van der Waals surface area contributed by atoms with Crippen LogP contribution in [0.2, 0.25) is 0 Å². The van der Waals surface area contributed by atoms with Crippen LogP contribution in [0.3, 0.4) is 0 Å². The molecule has 1 aliphatic heterocycles. The molecule has 1 aromatic heterocycles. The summed E-state index contributed by atoms with van der Waals surface area (Å²) in [5.74, 6) is -0.128. The number of nitrogens with zero attached hydrogens (tertiary/aromatic N) is 1. The Balaban J connectivity index is 2.46. The summed E-state index contributed by atoms with van der Waals surface area (Å²) in [5, 5.41) is 5.80. The minimum Gasteiger partial charge on any atom is -0.357 e. The number of aromatic nitrogens is 1. The Morgan fingerprint density at radius 1 is 1.31 bits per heavy atom. The van der Waals surface area contributed by atoms with Crippen LogP contribution in [0.5, 0.6) is 0 Å². The van der Waals surface area contributed by atoms with E-state index < -0.39 is 0 Å². The minimum atomic E-state index is -0.128. The molecule has 0 atom stereocenters. The lowest BCUT2D eigenvalue weighted by atomic mass is 10.3. The zero-order valence-corrected chi connectivity index (χ0v) is 7.16. The molecular formula is C9H9N3O. The van der Waals surface area contributed by atoms with E-state index in [1.165, 1.54) is 6.08 Å². The van der Waals surface area contributed by atoms with Gasteiger partial charge in [-0.25, -0.2) is 0 Å². The second-order valence-corrected chi connectivity index (χ2v) is 2.86. The Bertz CT molecular complexity index is 384. The second kappa shape index (κ2) is 2.90. The molecule has 1 amide bonds. The SMILES string of the molecule is CC1=CC(=O)Nc2cnccc2N1. The minimum absolute atomic E-state index is 0.128. The molecule has 0 unspecified atom stereocenters. The maximum absolute atomic E-state index is 11.2. The van der Waals surface area contributed by atoms with Crippen LogP contribution in [-0.4, -0.2) is 10.9 Å². The van der Waals surface area contributed by atoms with Crippen molar-refractivity contribution in [2.75, 3.05) is 10.6 Å². The zero-order valence-electron chi connectivity index (χ0n) is 7.16. The molecule has 0 aromatic carbocycles. The molecule has 0 bridgehead atoms. The van der Waals surface area contributed by atoms with Gasteiger partial charge in [0.25, 0.3) is 0 Å². The molecule has 0 aliphatic carbocycles. The van der Waals surface area contributed by atoms with E-state index in [0.29, 0.717) is 5.69 Å². The van der Waals surface area contributed by atoms with Crippen molar-refractivity contribution in [3.63, 3.8) is 0 Å². The number of nitrogens with one attached hydrogen (secondary N) is 2. The Morgan fingerprint density at radius 2 is 2.15 bits per heavy atom. The maximum Gasteiger partial charge on any atom is 0.250 e. The van der Waals surface area contributed by atoms with Gasteiger partial charge in [0, 0.05) is 18.0 Å². The Kier molecular flexibility index (Phi) is 1.73. The summed E-state index contributed by atoms with van der Waals surface area (Å²) in [4.78, 5) is 15.1. The van der Waals surface area contributed by atoms with Gasteiger partial charge in [-0.3, -0.25) is 9.78 Å². The van der Waals surface area contributed by atoms with Crippen molar-refractivity contribution in [1.82, 2.24) is 4.98 Å². The lowest BCUT2D eigenvalue weighted by Gasteiger charge is -2.06. The van der Waals surface area contributed by atoms with Gasteiger partial charge in [-0.1, -0.05) is 0 Å². The number of amides is 1. The molecule has 0 saturated heterocycles. The van der Waals surface area contributed by atoms with Gasteiger partial charge in [0.05, 0.1) is 17.6 Å². The van der Waals surface area contributed by atoms with Crippen molar-refractivity contribution >= 4 is 17.3 Å². The predicted molar refractivity (Wildman–Crippen MR) is 50.2 cm³/mol. The van der Waals surface area contributed by atoms with Crippen LogP contribution in [0, 0.1) is 0 Å². The van der Waals surface area contributed by atoms with Gasteiger partial charge in [-0.15, -0.1) is 0 Å². The maximum atomic E-state index is 11.2. The Hall–Kier alpha value is -1.84. The fourth-order valence-corrected chi connectivity index (χ4v) is 1.22. The van der Waals surface area contributed by atoms with E-state index in [9.17, 15) is 4.79 Å². The summed E-state index contributed by atoms with van der Waals surface area (Å²) in [6.07, 6.45) is 4.81. The van der Waals surface area contributed by atoms with E-state index in [4.69, 9.17) is 0 Å². The average Bonchev–Trinajstić information content (AvgIpc) is 2.20. The van der Waals surface area contributed by atoms with Crippen LogP contribution < -0.4 is 10.6 Å². The smallest absolute Gasteiger partial charge is 0.250 e. The number of pyridine rings is 1. The van der Waals surface area contributed by atoms with Gasteiger partial charge in [0.2, 0.25) is 5.91 Å². The van der Waals surface area contributed by atoms with Gasteiger partial charge >= 0.3 is 0 Å². The van der Waals surface area contributed by atoms with Crippen LogP contribution in [0.1, 0.15) is 6.92 Å². The number of carbonyl (C=O) groups excluding carboxylic acids is 1. The summed E-state index contributed by atoms with van der Waals surface area (Å²) in [7, 11) is 0. The number of hydrogen-bond donors (Lipinski definition) is 2. The Morgan fingerprint density at radius 3 is 3.00 bits per heavy atom. The van der Waals surface area contributed by atoms with Gasteiger partial charge < -0.3 is 10.6 Å². The normalized spacial score (nSPS) is 14.8. The summed E-state index contributed by atoms with van der Waals surface area (Å²) in [6.45, 7) is 1.84. The van der Waals surface area contributed by atoms with Crippen LogP contribution in [0.4, 0.5) is 11.4 Å². The molecular weight excluding hydrogens is 166 g/mol. The number of hydrogen-bond acceptors (Lipinski definition) is 3. The molecule has 0 spiro atoms. The molecule has 0 fully saturated rings. The molecule has 1 aliphatic rings. The molecule has 4 heteroatoms.